The summed E-state index contributed by atoms with van der Waals surface area (Å²) in [5.41, 5.74) is 2.49. The van der Waals surface area contributed by atoms with Gasteiger partial charge >= 0.3 is 0 Å². The number of rotatable bonds is 3. The molecule has 0 aliphatic carbocycles. The van der Waals surface area contributed by atoms with E-state index in [0.29, 0.717) is 0 Å². The molecule has 0 saturated carbocycles. The SMILES string of the molecule is C=[C]Cc1cccc(N(C)C)c1.[I-].[Zn]. The maximum absolute atomic E-state index is 3.59. The second kappa shape index (κ2) is 8.42. The zero-order valence-corrected chi connectivity index (χ0v) is 13.9. The third-order valence-corrected chi connectivity index (χ3v) is 1.76. The second-order valence-electron chi connectivity index (χ2n) is 2.99. The van der Waals surface area contributed by atoms with E-state index in [9.17, 15) is 0 Å². The molecule has 0 N–H and O–H groups in total. The first kappa shape index (κ1) is 16.5. The number of halogens is 1. The molecular weight excluding hydrogens is 338 g/mol. The minimum atomic E-state index is 0. The summed E-state index contributed by atoms with van der Waals surface area (Å²) in [6.07, 6.45) is 3.70. The molecule has 0 unspecified atom stereocenters. The Morgan fingerprint density at radius 3 is 2.50 bits per heavy atom. The van der Waals surface area contributed by atoms with E-state index >= 15 is 0 Å². The molecule has 3 heteroatoms. The van der Waals surface area contributed by atoms with Crippen LogP contribution in [0.2, 0.25) is 0 Å². The standard InChI is InChI=1S/C11H14N.HI.Zn/c1-4-6-10-7-5-8-11(9-10)12(2)3;;/h5,7-9H,1,6H2,2-3H3;1H;/p-1. The minimum Gasteiger partial charge on any atom is -1.00 e. The van der Waals surface area contributed by atoms with Crippen LogP contribution in [0, 0.1) is 6.08 Å². The van der Waals surface area contributed by atoms with Crippen molar-refractivity contribution in [1.82, 2.24) is 0 Å². The monoisotopic (exact) mass is 351 g/mol. The van der Waals surface area contributed by atoms with E-state index in [1.165, 1.54) is 11.3 Å². The number of benzene rings is 1. The molecule has 0 saturated heterocycles. The van der Waals surface area contributed by atoms with E-state index in [-0.39, 0.29) is 43.5 Å². The van der Waals surface area contributed by atoms with Crippen LogP contribution in [0.3, 0.4) is 0 Å². The summed E-state index contributed by atoms with van der Waals surface area (Å²) < 4.78 is 0. The van der Waals surface area contributed by atoms with Gasteiger partial charge in [0.1, 0.15) is 0 Å². The predicted octanol–water partition coefficient (Wildman–Crippen LogP) is -0.714. The Labute approximate surface area is 116 Å². The van der Waals surface area contributed by atoms with Gasteiger partial charge in [0.25, 0.3) is 0 Å². The Hall–Kier alpha value is 0.113. The molecule has 0 aliphatic heterocycles. The van der Waals surface area contributed by atoms with Crippen LogP contribution in [0.25, 0.3) is 0 Å². The molecular formula is C11H14INZn-. The Morgan fingerprint density at radius 2 is 2.00 bits per heavy atom. The summed E-state index contributed by atoms with van der Waals surface area (Å²) in [5.74, 6) is 0. The summed E-state index contributed by atoms with van der Waals surface area (Å²) in [6, 6.07) is 8.39. The van der Waals surface area contributed by atoms with E-state index in [0.717, 1.165) is 6.42 Å². The predicted molar refractivity (Wildman–Crippen MR) is 53.3 cm³/mol. The summed E-state index contributed by atoms with van der Waals surface area (Å²) in [6.45, 7) is 3.59. The van der Waals surface area contributed by atoms with Crippen LogP contribution in [0.1, 0.15) is 5.56 Å². The summed E-state index contributed by atoms with van der Waals surface area (Å²) in [4.78, 5) is 2.09. The maximum Gasteiger partial charge on any atom is 0.0363 e. The fourth-order valence-electron chi connectivity index (χ4n) is 1.09. The third-order valence-electron chi connectivity index (χ3n) is 1.76. The van der Waals surface area contributed by atoms with E-state index in [4.69, 9.17) is 0 Å². The summed E-state index contributed by atoms with van der Waals surface area (Å²) in [5, 5.41) is 0. The molecule has 0 spiro atoms. The van der Waals surface area contributed by atoms with Crippen LogP contribution >= 0.6 is 0 Å². The Kier molecular flexibility index (Phi) is 9.95. The van der Waals surface area contributed by atoms with Crippen LogP contribution < -0.4 is 28.9 Å². The van der Waals surface area contributed by atoms with Crippen LogP contribution in [-0.4, -0.2) is 14.1 Å². The fourth-order valence-corrected chi connectivity index (χ4v) is 1.09. The number of hydrogen-bond donors (Lipinski definition) is 0. The second-order valence-corrected chi connectivity index (χ2v) is 2.99. The smallest absolute Gasteiger partial charge is 0.0363 e. The van der Waals surface area contributed by atoms with Crippen molar-refractivity contribution in [2.75, 3.05) is 19.0 Å². The average Bonchev–Trinajstić information content (AvgIpc) is 2.05. The molecule has 0 amide bonds. The van der Waals surface area contributed by atoms with Crippen LogP contribution in [0.4, 0.5) is 5.69 Å². The van der Waals surface area contributed by atoms with Gasteiger partial charge in [-0.3, -0.25) is 0 Å². The molecule has 1 aromatic rings. The van der Waals surface area contributed by atoms with Crippen molar-refractivity contribution in [3.63, 3.8) is 0 Å². The summed E-state index contributed by atoms with van der Waals surface area (Å²) in [7, 11) is 4.08. The quantitative estimate of drug-likeness (QED) is 0.513. The van der Waals surface area contributed by atoms with Crippen LogP contribution in [0.5, 0.6) is 0 Å². The van der Waals surface area contributed by atoms with Crippen molar-refractivity contribution in [3.05, 3.63) is 42.5 Å². The van der Waals surface area contributed by atoms with E-state index < -0.39 is 0 Å². The Bertz CT molecular complexity index is 274. The van der Waals surface area contributed by atoms with Crippen molar-refractivity contribution in [3.8, 4) is 0 Å². The van der Waals surface area contributed by atoms with Gasteiger partial charge in [0.2, 0.25) is 0 Å². The molecule has 0 bridgehead atoms. The average molecular weight is 353 g/mol. The molecule has 0 aromatic heterocycles. The van der Waals surface area contributed by atoms with Gasteiger partial charge in [0.15, 0.2) is 0 Å². The summed E-state index contributed by atoms with van der Waals surface area (Å²) >= 11 is 0. The topological polar surface area (TPSA) is 3.24 Å². The zero-order chi connectivity index (χ0) is 8.97. The first-order valence-corrected chi connectivity index (χ1v) is 4.00. The first-order chi connectivity index (χ1) is 5.74. The Balaban J connectivity index is 0. The van der Waals surface area contributed by atoms with Gasteiger partial charge in [-0.2, -0.15) is 0 Å². The molecule has 1 nitrogen and oxygen atoms in total. The number of nitrogens with zero attached hydrogens (tertiary/aromatic N) is 1. The molecule has 1 rings (SSSR count). The van der Waals surface area contributed by atoms with Crippen molar-refractivity contribution < 1.29 is 43.5 Å². The molecule has 73 valence electrons. The van der Waals surface area contributed by atoms with Crippen molar-refractivity contribution >= 4 is 5.69 Å². The molecule has 0 atom stereocenters. The van der Waals surface area contributed by atoms with Gasteiger partial charge in [0, 0.05) is 39.3 Å². The normalized spacial score (nSPS) is 8.14. The van der Waals surface area contributed by atoms with Crippen molar-refractivity contribution in [2.45, 2.75) is 6.42 Å². The van der Waals surface area contributed by atoms with Crippen molar-refractivity contribution in [2.24, 2.45) is 0 Å². The van der Waals surface area contributed by atoms with Gasteiger partial charge in [-0.05, 0) is 30.2 Å². The van der Waals surface area contributed by atoms with Gasteiger partial charge in [-0.25, -0.2) is 0 Å². The fraction of sp³-hybridized carbons (Fsp3) is 0.273. The first-order valence-electron chi connectivity index (χ1n) is 4.00. The molecule has 0 aliphatic rings. The van der Waals surface area contributed by atoms with Gasteiger partial charge < -0.3 is 28.9 Å². The molecule has 1 radical (unpaired) electrons. The van der Waals surface area contributed by atoms with E-state index in [2.05, 4.69) is 41.8 Å². The number of hydrogen-bond acceptors (Lipinski definition) is 1. The molecule has 0 fully saturated rings. The van der Waals surface area contributed by atoms with Crippen LogP contribution in [0.15, 0.2) is 30.8 Å². The Morgan fingerprint density at radius 1 is 1.36 bits per heavy atom. The van der Waals surface area contributed by atoms with Gasteiger partial charge in [0.05, 0.1) is 0 Å². The van der Waals surface area contributed by atoms with Crippen LogP contribution in [-0.2, 0) is 25.9 Å². The van der Waals surface area contributed by atoms with E-state index in [1.807, 2.05) is 14.1 Å². The number of anilines is 1. The van der Waals surface area contributed by atoms with Gasteiger partial charge in [-0.15, -0.1) is 0 Å². The van der Waals surface area contributed by atoms with Gasteiger partial charge in [-0.1, -0.05) is 18.7 Å². The van der Waals surface area contributed by atoms with Crippen molar-refractivity contribution in [1.29, 1.82) is 0 Å². The zero-order valence-electron chi connectivity index (χ0n) is 8.76. The third kappa shape index (κ3) is 5.11. The molecule has 1 aromatic carbocycles. The van der Waals surface area contributed by atoms with E-state index in [1.54, 1.807) is 0 Å². The maximum atomic E-state index is 3.59. The molecule has 14 heavy (non-hydrogen) atoms. The molecule has 0 heterocycles. The minimum absolute atomic E-state index is 0. The number of allylic oxidation sites excluding steroid dienone is 1. The largest absolute Gasteiger partial charge is 1.00 e.